The van der Waals surface area contributed by atoms with Crippen molar-refractivity contribution in [1.29, 1.82) is 0 Å². The van der Waals surface area contributed by atoms with Gasteiger partial charge >= 0.3 is 5.97 Å². The fourth-order valence-corrected chi connectivity index (χ4v) is 3.15. The Morgan fingerprint density at radius 2 is 2.00 bits per heavy atom. The van der Waals surface area contributed by atoms with Crippen LogP contribution in [-0.4, -0.2) is 45.3 Å². The first-order valence-corrected chi connectivity index (χ1v) is 9.13. The highest BCUT2D eigenvalue weighted by molar-refractivity contribution is 7.89. The Hall–Kier alpha value is -1.64. The first kappa shape index (κ1) is 18.7. The SMILES string of the molecule is C[C@@H]1C[C@@H]1C(=O)OCC(=O)Nc1cc(S(=O)(=O)N(C)C)ccc1Cl. The van der Waals surface area contributed by atoms with Gasteiger partial charge < -0.3 is 10.1 Å². The molecule has 0 heterocycles. The highest BCUT2D eigenvalue weighted by Crippen LogP contribution is 2.38. The number of nitrogens with zero attached hydrogens (tertiary/aromatic N) is 1. The van der Waals surface area contributed by atoms with Crippen molar-refractivity contribution in [3.63, 3.8) is 0 Å². The summed E-state index contributed by atoms with van der Waals surface area (Å²) in [5.74, 6) is -0.816. The lowest BCUT2D eigenvalue weighted by Gasteiger charge is -2.14. The van der Waals surface area contributed by atoms with Crippen LogP contribution in [0.25, 0.3) is 0 Å². The number of nitrogens with one attached hydrogen (secondary N) is 1. The molecule has 1 saturated carbocycles. The Morgan fingerprint density at radius 3 is 2.54 bits per heavy atom. The van der Waals surface area contributed by atoms with Crippen molar-refractivity contribution in [1.82, 2.24) is 4.31 Å². The first-order valence-electron chi connectivity index (χ1n) is 7.31. The van der Waals surface area contributed by atoms with E-state index in [2.05, 4.69) is 5.32 Å². The van der Waals surface area contributed by atoms with E-state index >= 15 is 0 Å². The number of sulfonamides is 1. The van der Waals surface area contributed by atoms with Crippen LogP contribution in [0.4, 0.5) is 5.69 Å². The van der Waals surface area contributed by atoms with Crippen LogP contribution in [0.3, 0.4) is 0 Å². The summed E-state index contributed by atoms with van der Waals surface area (Å²) in [7, 11) is -0.842. The van der Waals surface area contributed by atoms with Gasteiger partial charge in [-0.15, -0.1) is 0 Å². The zero-order valence-corrected chi connectivity index (χ0v) is 15.1. The number of rotatable bonds is 6. The smallest absolute Gasteiger partial charge is 0.309 e. The maximum Gasteiger partial charge on any atom is 0.309 e. The zero-order valence-electron chi connectivity index (χ0n) is 13.6. The molecule has 24 heavy (non-hydrogen) atoms. The molecule has 132 valence electrons. The number of esters is 1. The molecule has 1 N–H and O–H groups in total. The number of ether oxygens (including phenoxy) is 1. The van der Waals surface area contributed by atoms with Crippen LogP contribution in [0, 0.1) is 11.8 Å². The molecule has 0 aromatic heterocycles. The van der Waals surface area contributed by atoms with Crippen molar-refractivity contribution in [2.75, 3.05) is 26.0 Å². The lowest BCUT2D eigenvalue weighted by molar-refractivity contribution is -0.148. The fraction of sp³-hybridized carbons (Fsp3) is 0.467. The number of benzene rings is 1. The molecule has 9 heteroatoms. The van der Waals surface area contributed by atoms with Gasteiger partial charge in [0.05, 0.1) is 21.5 Å². The molecule has 0 aliphatic heterocycles. The molecule has 1 aromatic carbocycles. The normalized spacial score (nSPS) is 19.9. The quantitative estimate of drug-likeness (QED) is 0.765. The minimum absolute atomic E-state index is 0.00370. The minimum atomic E-state index is -3.65. The molecule has 0 radical (unpaired) electrons. The Balaban J connectivity index is 2.03. The number of carbonyl (C=O) groups excluding carboxylic acids is 2. The standard InChI is InChI=1S/C15H19ClN2O5S/c1-9-6-11(9)15(20)23-8-14(19)17-13-7-10(4-5-12(13)16)24(21,22)18(2)3/h4-5,7,9,11H,6,8H2,1-3H3,(H,17,19)/t9-,11+/m1/s1. The van der Waals surface area contributed by atoms with E-state index in [1.807, 2.05) is 6.92 Å². The van der Waals surface area contributed by atoms with E-state index < -0.39 is 28.5 Å². The van der Waals surface area contributed by atoms with E-state index in [0.29, 0.717) is 5.92 Å². The minimum Gasteiger partial charge on any atom is -0.455 e. The summed E-state index contributed by atoms with van der Waals surface area (Å²) in [5.41, 5.74) is 0.139. The van der Waals surface area contributed by atoms with Crippen molar-refractivity contribution >= 4 is 39.2 Å². The van der Waals surface area contributed by atoms with Gasteiger partial charge in [-0.05, 0) is 30.5 Å². The maximum atomic E-state index is 12.1. The highest BCUT2D eigenvalue weighted by Gasteiger charge is 2.40. The largest absolute Gasteiger partial charge is 0.455 e. The highest BCUT2D eigenvalue weighted by atomic mass is 35.5. The molecule has 1 fully saturated rings. The lowest BCUT2D eigenvalue weighted by atomic mass is 10.3. The van der Waals surface area contributed by atoms with Gasteiger partial charge in [-0.3, -0.25) is 9.59 Å². The molecule has 0 bridgehead atoms. The van der Waals surface area contributed by atoms with E-state index in [-0.39, 0.29) is 21.5 Å². The molecular formula is C15H19ClN2O5S. The van der Waals surface area contributed by atoms with Crippen molar-refractivity contribution in [2.45, 2.75) is 18.2 Å². The van der Waals surface area contributed by atoms with Gasteiger partial charge in [0.1, 0.15) is 0 Å². The van der Waals surface area contributed by atoms with Gasteiger partial charge in [-0.2, -0.15) is 0 Å². The summed E-state index contributed by atoms with van der Waals surface area (Å²) in [6, 6.07) is 3.99. The third-order valence-electron chi connectivity index (χ3n) is 3.75. The monoisotopic (exact) mass is 374 g/mol. The first-order chi connectivity index (χ1) is 11.1. The summed E-state index contributed by atoms with van der Waals surface area (Å²) < 4.78 is 30.2. The van der Waals surface area contributed by atoms with Crippen LogP contribution < -0.4 is 5.32 Å². The number of amides is 1. The summed E-state index contributed by atoms with van der Waals surface area (Å²) in [5, 5.41) is 2.64. The number of anilines is 1. The molecule has 1 aliphatic carbocycles. The summed E-state index contributed by atoms with van der Waals surface area (Å²) in [6.45, 7) is 1.49. The number of halogens is 1. The second-order valence-electron chi connectivity index (χ2n) is 5.90. The molecule has 1 amide bonds. The van der Waals surface area contributed by atoms with Crippen molar-refractivity contribution < 1.29 is 22.7 Å². The Morgan fingerprint density at radius 1 is 1.38 bits per heavy atom. The Labute approximate surface area is 146 Å². The third kappa shape index (κ3) is 4.25. The molecule has 2 rings (SSSR count). The molecule has 7 nitrogen and oxygen atoms in total. The number of hydrogen-bond acceptors (Lipinski definition) is 5. The van der Waals surface area contributed by atoms with E-state index in [1.54, 1.807) is 0 Å². The van der Waals surface area contributed by atoms with E-state index in [4.69, 9.17) is 16.3 Å². The van der Waals surface area contributed by atoms with Gasteiger partial charge in [0.15, 0.2) is 6.61 Å². The summed E-state index contributed by atoms with van der Waals surface area (Å²) >= 11 is 5.98. The van der Waals surface area contributed by atoms with E-state index in [1.165, 1.54) is 32.3 Å². The molecule has 1 aliphatic rings. The van der Waals surface area contributed by atoms with Crippen LogP contribution in [-0.2, 0) is 24.3 Å². The summed E-state index contributed by atoms with van der Waals surface area (Å²) in [6.07, 6.45) is 0.775. The molecule has 2 atom stereocenters. The molecule has 1 aromatic rings. The van der Waals surface area contributed by atoms with E-state index in [9.17, 15) is 18.0 Å². The second-order valence-corrected chi connectivity index (χ2v) is 8.46. The van der Waals surface area contributed by atoms with Crippen LogP contribution >= 0.6 is 11.6 Å². The van der Waals surface area contributed by atoms with Crippen molar-refractivity contribution in [3.05, 3.63) is 23.2 Å². The van der Waals surface area contributed by atoms with Gasteiger partial charge in [0.2, 0.25) is 10.0 Å². The van der Waals surface area contributed by atoms with Crippen LogP contribution in [0.5, 0.6) is 0 Å². The van der Waals surface area contributed by atoms with Gasteiger partial charge in [0, 0.05) is 14.1 Å². The Bertz CT molecular complexity index is 763. The van der Waals surface area contributed by atoms with Gasteiger partial charge in [0.25, 0.3) is 5.91 Å². The van der Waals surface area contributed by atoms with Crippen LogP contribution in [0.15, 0.2) is 23.1 Å². The third-order valence-corrected chi connectivity index (χ3v) is 5.89. The predicted molar refractivity (Wildman–Crippen MR) is 89.2 cm³/mol. The number of carbonyl (C=O) groups is 2. The van der Waals surface area contributed by atoms with Crippen LogP contribution in [0.2, 0.25) is 5.02 Å². The van der Waals surface area contributed by atoms with E-state index in [0.717, 1.165) is 10.7 Å². The van der Waals surface area contributed by atoms with Gasteiger partial charge in [-0.25, -0.2) is 12.7 Å². The average Bonchev–Trinajstić information content (AvgIpc) is 3.23. The molecule has 0 spiro atoms. The lowest BCUT2D eigenvalue weighted by Crippen LogP contribution is -2.23. The zero-order chi connectivity index (χ0) is 18.1. The predicted octanol–water partition coefficient (Wildman–Crippen LogP) is 1.73. The second kappa shape index (κ2) is 7.08. The molecule has 0 saturated heterocycles. The van der Waals surface area contributed by atoms with Crippen molar-refractivity contribution in [3.8, 4) is 0 Å². The van der Waals surface area contributed by atoms with Gasteiger partial charge in [-0.1, -0.05) is 18.5 Å². The van der Waals surface area contributed by atoms with Crippen molar-refractivity contribution in [2.24, 2.45) is 11.8 Å². The topological polar surface area (TPSA) is 92.8 Å². The van der Waals surface area contributed by atoms with Crippen LogP contribution in [0.1, 0.15) is 13.3 Å². The number of hydrogen-bond donors (Lipinski definition) is 1. The molecule has 0 unspecified atom stereocenters. The molecular weight excluding hydrogens is 356 g/mol. The fourth-order valence-electron chi connectivity index (χ4n) is 2.05. The Kier molecular flexibility index (Phi) is 5.52. The maximum absolute atomic E-state index is 12.1. The average molecular weight is 375 g/mol. The summed E-state index contributed by atoms with van der Waals surface area (Å²) in [4.78, 5) is 23.5.